The first-order chi connectivity index (χ1) is 10.2. The summed E-state index contributed by atoms with van der Waals surface area (Å²) in [6, 6.07) is 4.36. The van der Waals surface area contributed by atoms with E-state index in [0.717, 1.165) is 18.7 Å². The van der Waals surface area contributed by atoms with Crippen molar-refractivity contribution in [2.75, 3.05) is 39.3 Å². The van der Waals surface area contributed by atoms with Gasteiger partial charge in [0.2, 0.25) is 0 Å². The van der Waals surface area contributed by atoms with Gasteiger partial charge in [-0.1, -0.05) is 0 Å². The monoisotopic (exact) mass is 294 g/mol. The van der Waals surface area contributed by atoms with Crippen LogP contribution in [0.5, 0.6) is 5.75 Å². The van der Waals surface area contributed by atoms with Gasteiger partial charge in [0, 0.05) is 44.7 Å². The molecule has 21 heavy (non-hydrogen) atoms. The van der Waals surface area contributed by atoms with Crippen LogP contribution in [0.3, 0.4) is 0 Å². The number of aliphatic hydroxyl groups is 1. The first-order valence-electron chi connectivity index (χ1n) is 7.24. The van der Waals surface area contributed by atoms with Crippen molar-refractivity contribution >= 4 is 5.91 Å². The summed E-state index contributed by atoms with van der Waals surface area (Å²) in [5.74, 6) is 0.270. The van der Waals surface area contributed by atoms with Crippen LogP contribution in [0.2, 0.25) is 0 Å². The fourth-order valence-corrected chi connectivity index (χ4v) is 2.89. The Bertz CT molecular complexity index is 530. The lowest BCUT2D eigenvalue weighted by molar-refractivity contribution is -0.139. The lowest BCUT2D eigenvalue weighted by Gasteiger charge is -2.35. The van der Waals surface area contributed by atoms with E-state index in [4.69, 9.17) is 9.84 Å². The van der Waals surface area contributed by atoms with Gasteiger partial charge in [-0.3, -0.25) is 9.69 Å². The summed E-state index contributed by atoms with van der Waals surface area (Å²) < 4.78 is 18.8. The first-order valence-corrected chi connectivity index (χ1v) is 7.24. The Hall–Kier alpha value is -1.66. The molecule has 6 heteroatoms. The van der Waals surface area contributed by atoms with Crippen LogP contribution >= 0.6 is 0 Å². The number of halogens is 1. The minimum atomic E-state index is -0.536. The molecule has 0 spiro atoms. The number of nitrogens with zero attached hydrogens (tertiary/aromatic N) is 2. The van der Waals surface area contributed by atoms with Crippen LogP contribution in [0.4, 0.5) is 4.39 Å². The molecule has 1 atom stereocenters. The molecule has 0 aromatic heterocycles. The number of hydrogen-bond donors (Lipinski definition) is 1. The SMILES string of the molecule is O=C(C1Cc2cc(F)ccc2O1)N1CCN(CCO)CC1. The molecule has 1 aromatic carbocycles. The first kappa shape index (κ1) is 14.3. The number of fused-ring (bicyclic) bond motifs is 1. The number of ether oxygens (including phenoxy) is 1. The summed E-state index contributed by atoms with van der Waals surface area (Å²) in [7, 11) is 0. The zero-order chi connectivity index (χ0) is 14.8. The minimum absolute atomic E-state index is 0.0322. The summed E-state index contributed by atoms with van der Waals surface area (Å²) in [6.07, 6.45) is -0.103. The van der Waals surface area contributed by atoms with E-state index in [2.05, 4.69) is 4.90 Å². The summed E-state index contributed by atoms with van der Waals surface area (Å²) in [4.78, 5) is 16.4. The van der Waals surface area contributed by atoms with Crippen LogP contribution in [0.25, 0.3) is 0 Å². The van der Waals surface area contributed by atoms with Gasteiger partial charge in [0.15, 0.2) is 6.10 Å². The third kappa shape index (κ3) is 3.01. The molecule has 1 saturated heterocycles. The lowest BCUT2D eigenvalue weighted by Crippen LogP contribution is -2.52. The highest BCUT2D eigenvalue weighted by molar-refractivity contribution is 5.82. The van der Waals surface area contributed by atoms with E-state index < -0.39 is 6.10 Å². The number of carbonyl (C=O) groups excluding carboxylic acids is 1. The van der Waals surface area contributed by atoms with Crippen molar-refractivity contribution in [2.45, 2.75) is 12.5 Å². The van der Waals surface area contributed by atoms with Gasteiger partial charge in [-0.15, -0.1) is 0 Å². The molecule has 0 bridgehead atoms. The Morgan fingerprint density at radius 3 is 2.81 bits per heavy atom. The normalized spacial score (nSPS) is 22.0. The van der Waals surface area contributed by atoms with Crippen molar-refractivity contribution in [3.63, 3.8) is 0 Å². The van der Waals surface area contributed by atoms with Crippen LogP contribution in [0.1, 0.15) is 5.56 Å². The van der Waals surface area contributed by atoms with Crippen molar-refractivity contribution < 1.29 is 19.0 Å². The van der Waals surface area contributed by atoms with Gasteiger partial charge in [0.25, 0.3) is 5.91 Å². The number of hydrogen-bond acceptors (Lipinski definition) is 4. The third-order valence-corrected chi connectivity index (χ3v) is 4.07. The second-order valence-corrected chi connectivity index (χ2v) is 5.45. The van der Waals surface area contributed by atoms with E-state index >= 15 is 0 Å². The van der Waals surface area contributed by atoms with Crippen molar-refractivity contribution in [1.82, 2.24) is 9.80 Å². The van der Waals surface area contributed by atoms with Gasteiger partial charge in [0.05, 0.1) is 6.61 Å². The average Bonchev–Trinajstić information content (AvgIpc) is 2.90. The molecule has 3 rings (SSSR count). The van der Waals surface area contributed by atoms with Gasteiger partial charge >= 0.3 is 0 Å². The Morgan fingerprint density at radius 2 is 2.10 bits per heavy atom. The zero-order valence-electron chi connectivity index (χ0n) is 11.8. The Morgan fingerprint density at radius 1 is 1.33 bits per heavy atom. The molecule has 0 radical (unpaired) electrons. The van der Waals surface area contributed by atoms with Crippen LogP contribution < -0.4 is 4.74 Å². The average molecular weight is 294 g/mol. The zero-order valence-corrected chi connectivity index (χ0v) is 11.8. The van der Waals surface area contributed by atoms with E-state index in [1.807, 2.05) is 0 Å². The van der Waals surface area contributed by atoms with Gasteiger partial charge in [0.1, 0.15) is 11.6 Å². The van der Waals surface area contributed by atoms with Gasteiger partial charge in [-0.05, 0) is 18.2 Å². The number of rotatable bonds is 3. The molecule has 0 aliphatic carbocycles. The fourth-order valence-electron chi connectivity index (χ4n) is 2.89. The standard InChI is InChI=1S/C15H19FN2O3/c16-12-1-2-13-11(9-12)10-14(21-13)15(20)18-5-3-17(4-6-18)7-8-19/h1-2,9,14,19H,3-8,10H2. The van der Waals surface area contributed by atoms with E-state index in [1.165, 1.54) is 12.1 Å². The molecule has 114 valence electrons. The molecule has 2 heterocycles. The molecule has 5 nitrogen and oxygen atoms in total. The van der Waals surface area contributed by atoms with Crippen molar-refractivity contribution in [1.29, 1.82) is 0 Å². The summed E-state index contributed by atoms with van der Waals surface area (Å²) in [6.45, 7) is 3.60. The number of piperazine rings is 1. The Balaban J connectivity index is 1.58. The van der Waals surface area contributed by atoms with E-state index in [1.54, 1.807) is 11.0 Å². The largest absolute Gasteiger partial charge is 0.480 e. The molecule has 2 aliphatic heterocycles. The molecule has 1 N–H and O–H groups in total. The highest BCUT2D eigenvalue weighted by atomic mass is 19.1. The fraction of sp³-hybridized carbons (Fsp3) is 0.533. The van der Waals surface area contributed by atoms with E-state index in [-0.39, 0.29) is 18.3 Å². The van der Waals surface area contributed by atoms with Crippen LogP contribution in [-0.2, 0) is 11.2 Å². The number of aliphatic hydroxyl groups excluding tert-OH is 1. The van der Waals surface area contributed by atoms with Gasteiger partial charge in [-0.2, -0.15) is 0 Å². The van der Waals surface area contributed by atoms with E-state index in [0.29, 0.717) is 31.8 Å². The van der Waals surface area contributed by atoms with Gasteiger partial charge < -0.3 is 14.7 Å². The van der Waals surface area contributed by atoms with Crippen molar-refractivity contribution in [3.8, 4) is 5.75 Å². The Kier molecular flexibility index (Phi) is 4.07. The van der Waals surface area contributed by atoms with Crippen LogP contribution in [-0.4, -0.2) is 66.2 Å². The molecular weight excluding hydrogens is 275 g/mol. The highest BCUT2D eigenvalue weighted by Crippen LogP contribution is 2.30. The number of carbonyl (C=O) groups is 1. The minimum Gasteiger partial charge on any atom is -0.480 e. The predicted molar refractivity (Wildman–Crippen MR) is 74.6 cm³/mol. The van der Waals surface area contributed by atoms with Gasteiger partial charge in [-0.25, -0.2) is 4.39 Å². The number of benzene rings is 1. The Labute approximate surface area is 122 Å². The molecule has 1 unspecified atom stereocenters. The van der Waals surface area contributed by atoms with Crippen molar-refractivity contribution in [3.05, 3.63) is 29.6 Å². The maximum absolute atomic E-state index is 13.2. The molecular formula is C15H19FN2O3. The van der Waals surface area contributed by atoms with Crippen molar-refractivity contribution in [2.24, 2.45) is 0 Å². The second-order valence-electron chi connectivity index (χ2n) is 5.45. The molecule has 1 fully saturated rings. The lowest BCUT2D eigenvalue weighted by atomic mass is 10.1. The van der Waals surface area contributed by atoms with Crippen LogP contribution in [0.15, 0.2) is 18.2 Å². The highest BCUT2D eigenvalue weighted by Gasteiger charge is 2.33. The predicted octanol–water partition coefficient (Wildman–Crippen LogP) is 0.266. The third-order valence-electron chi connectivity index (χ3n) is 4.07. The summed E-state index contributed by atoms with van der Waals surface area (Å²) in [5.41, 5.74) is 0.757. The number of β-amino-alcohol motifs (C(OH)–C–C–N with tert-alkyl or cyclic N) is 1. The van der Waals surface area contributed by atoms with Crippen LogP contribution in [0, 0.1) is 5.82 Å². The molecule has 0 saturated carbocycles. The quantitative estimate of drug-likeness (QED) is 0.869. The second kappa shape index (κ2) is 5.99. The topological polar surface area (TPSA) is 53.0 Å². The maximum atomic E-state index is 13.2. The molecule has 1 amide bonds. The maximum Gasteiger partial charge on any atom is 0.264 e. The summed E-state index contributed by atoms with van der Waals surface area (Å²) in [5, 5.41) is 8.92. The van der Waals surface area contributed by atoms with E-state index in [9.17, 15) is 9.18 Å². The summed E-state index contributed by atoms with van der Waals surface area (Å²) >= 11 is 0. The molecule has 2 aliphatic rings. The number of amides is 1. The molecule has 1 aromatic rings. The smallest absolute Gasteiger partial charge is 0.264 e.